The van der Waals surface area contributed by atoms with Crippen molar-refractivity contribution in [2.45, 2.75) is 24.7 Å². The third kappa shape index (κ3) is 3.16. The van der Waals surface area contributed by atoms with Gasteiger partial charge in [0.2, 0.25) is 5.91 Å². The van der Waals surface area contributed by atoms with Crippen molar-refractivity contribution < 1.29 is 19.1 Å². The molecule has 2 atom stereocenters. The van der Waals surface area contributed by atoms with Gasteiger partial charge in [-0.1, -0.05) is 30.3 Å². The molecular formula is C25H28N2O4. The van der Waals surface area contributed by atoms with E-state index >= 15 is 0 Å². The Bertz CT molecular complexity index is 1030. The Kier molecular flexibility index (Phi) is 4.88. The number of amides is 2. The monoisotopic (exact) mass is 420 g/mol. The lowest BCUT2D eigenvalue weighted by Gasteiger charge is -2.35. The van der Waals surface area contributed by atoms with Crippen molar-refractivity contribution in [1.82, 2.24) is 9.80 Å². The van der Waals surface area contributed by atoms with Crippen molar-refractivity contribution in [2.75, 3.05) is 40.4 Å². The van der Waals surface area contributed by atoms with Crippen molar-refractivity contribution in [3.63, 3.8) is 0 Å². The average molecular weight is 421 g/mol. The summed E-state index contributed by atoms with van der Waals surface area (Å²) in [6.45, 7) is 2.21. The predicted molar refractivity (Wildman–Crippen MR) is 117 cm³/mol. The lowest BCUT2D eigenvalue weighted by Crippen LogP contribution is -2.51. The molecule has 1 saturated carbocycles. The molecule has 0 radical (unpaired) electrons. The van der Waals surface area contributed by atoms with E-state index in [0.717, 1.165) is 19.3 Å². The molecule has 2 aromatic carbocycles. The van der Waals surface area contributed by atoms with Gasteiger partial charge in [0.1, 0.15) is 0 Å². The van der Waals surface area contributed by atoms with E-state index in [1.807, 2.05) is 4.90 Å². The normalized spacial score (nSPS) is 24.1. The number of fused-ring (bicyclic) bond motifs is 2. The molecule has 0 bridgehead atoms. The minimum atomic E-state index is -0.0875. The number of aryl methyl sites for hydroxylation is 1. The highest BCUT2D eigenvalue weighted by molar-refractivity contribution is 5.98. The van der Waals surface area contributed by atoms with Crippen molar-refractivity contribution >= 4 is 11.8 Å². The number of carbonyl (C=O) groups excluding carboxylic acids is 2. The number of carbonyl (C=O) groups is 2. The zero-order chi connectivity index (χ0) is 21.6. The molecule has 0 N–H and O–H groups in total. The standard InChI is InChI=1S/C25H28N2O4/c1-30-21-9-5-7-18(22(21)31-2)23(28)26-12-14-27(15-13-26)24(29)20-16-25(20)11-10-17-6-3-4-8-19(17)25/h3-9,20H,10-16H2,1-2H3. The van der Waals surface area contributed by atoms with Gasteiger partial charge in [0.05, 0.1) is 19.8 Å². The van der Waals surface area contributed by atoms with Crippen LogP contribution in [0.15, 0.2) is 42.5 Å². The van der Waals surface area contributed by atoms with E-state index in [2.05, 4.69) is 24.3 Å². The van der Waals surface area contributed by atoms with Gasteiger partial charge in [0.15, 0.2) is 11.5 Å². The van der Waals surface area contributed by atoms with Crippen LogP contribution in [0.1, 0.15) is 34.3 Å². The van der Waals surface area contributed by atoms with Gasteiger partial charge in [0, 0.05) is 37.5 Å². The molecule has 2 aliphatic carbocycles. The fraction of sp³-hybridized carbons (Fsp3) is 0.440. The molecule has 1 spiro atoms. The number of ether oxygens (including phenoxy) is 2. The molecule has 1 aliphatic heterocycles. The number of rotatable bonds is 4. The first-order valence-corrected chi connectivity index (χ1v) is 11.0. The Hall–Kier alpha value is -3.02. The van der Waals surface area contributed by atoms with Crippen LogP contribution in [0.3, 0.4) is 0 Å². The number of para-hydroxylation sites is 1. The first kappa shape index (κ1) is 19.9. The van der Waals surface area contributed by atoms with E-state index in [1.54, 1.807) is 30.2 Å². The first-order chi connectivity index (χ1) is 15.1. The van der Waals surface area contributed by atoms with Crippen LogP contribution in [-0.4, -0.2) is 62.0 Å². The largest absolute Gasteiger partial charge is 0.493 e. The summed E-state index contributed by atoms with van der Waals surface area (Å²) in [7, 11) is 3.10. The van der Waals surface area contributed by atoms with E-state index < -0.39 is 0 Å². The molecular weight excluding hydrogens is 392 g/mol. The van der Waals surface area contributed by atoms with Crippen LogP contribution in [0.25, 0.3) is 0 Å². The van der Waals surface area contributed by atoms with Crippen LogP contribution in [-0.2, 0) is 16.6 Å². The summed E-state index contributed by atoms with van der Waals surface area (Å²) < 4.78 is 10.7. The van der Waals surface area contributed by atoms with E-state index in [9.17, 15) is 9.59 Å². The van der Waals surface area contributed by atoms with Gasteiger partial charge in [0.25, 0.3) is 5.91 Å². The smallest absolute Gasteiger partial charge is 0.257 e. The Labute approximate surface area is 182 Å². The van der Waals surface area contributed by atoms with Crippen LogP contribution in [0.2, 0.25) is 0 Å². The highest BCUT2D eigenvalue weighted by atomic mass is 16.5. The lowest BCUT2D eigenvalue weighted by atomic mass is 9.95. The molecule has 2 unspecified atom stereocenters. The van der Waals surface area contributed by atoms with Gasteiger partial charge < -0.3 is 19.3 Å². The van der Waals surface area contributed by atoms with Gasteiger partial charge in [-0.15, -0.1) is 0 Å². The first-order valence-electron chi connectivity index (χ1n) is 11.0. The molecule has 5 rings (SSSR count). The Morgan fingerprint density at radius 2 is 1.68 bits per heavy atom. The highest BCUT2D eigenvalue weighted by Gasteiger charge is 2.62. The molecule has 31 heavy (non-hydrogen) atoms. The number of piperazine rings is 1. The van der Waals surface area contributed by atoms with Crippen LogP contribution >= 0.6 is 0 Å². The molecule has 2 aromatic rings. The highest BCUT2D eigenvalue weighted by Crippen LogP contribution is 2.62. The zero-order valence-corrected chi connectivity index (χ0v) is 18.1. The van der Waals surface area contributed by atoms with Gasteiger partial charge >= 0.3 is 0 Å². The summed E-state index contributed by atoms with van der Waals surface area (Å²) in [4.78, 5) is 30.1. The topological polar surface area (TPSA) is 59.1 Å². The molecule has 6 heteroatoms. The molecule has 3 aliphatic rings. The third-order valence-electron chi connectivity index (χ3n) is 7.28. The maximum atomic E-state index is 13.2. The van der Waals surface area contributed by atoms with Crippen molar-refractivity contribution in [3.05, 3.63) is 59.2 Å². The summed E-state index contributed by atoms with van der Waals surface area (Å²) in [6, 6.07) is 13.9. The minimum Gasteiger partial charge on any atom is -0.493 e. The van der Waals surface area contributed by atoms with Crippen LogP contribution in [0, 0.1) is 5.92 Å². The maximum absolute atomic E-state index is 13.2. The maximum Gasteiger partial charge on any atom is 0.257 e. The molecule has 1 heterocycles. The number of hydrogen-bond donors (Lipinski definition) is 0. The van der Waals surface area contributed by atoms with E-state index in [-0.39, 0.29) is 23.1 Å². The SMILES string of the molecule is COc1cccc(C(=O)N2CCN(C(=O)C3CC34CCc3ccccc34)CC2)c1OC. The number of methoxy groups -OCH3 is 2. The summed E-state index contributed by atoms with van der Waals surface area (Å²) in [6.07, 6.45) is 3.12. The predicted octanol–water partition coefficient (Wildman–Crippen LogP) is 2.89. The minimum absolute atomic E-state index is 0.0641. The number of benzene rings is 2. The van der Waals surface area contributed by atoms with Gasteiger partial charge in [-0.05, 0) is 42.5 Å². The second-order valence-corrected chi connectivity index (χ2v) is 8.73. The molecule has 2 amide bonds. The van der Waals surface area contributed by atoms with E-state index in [1.165, 1.54) is 18.2 Å². The average Bonchev–Trinajstić information content (AvgIpc) is 3.45. The zero-order valence-electron chi connectivity index (χ0n) is 18.1. The molecule has 162 valence electrons. The van der Waals surface area contributed by atoms with Crippen LogP contribution in [0.5, 0.6) is 11.5 Å². The lowest BCUT2D eigenvalue weighted by molar-refractivity contribution is -0.134. The fourth-order valence-corrected chi connectivity index (χ4v) is 5.50. The number of nitrogens with zero attached hydrogens (tertiary/aromatic N) is 2. The molecule has 2 fully saturated rings. The molecule has 1 saturated heterocycles. The Balaban J connectivity index is 1.24. The van der Waals surface area contributed by atoms with Crippen molar-refractivity contribution in [1.29, 1.82) is 0 Å². The molecule has 6 nitrogen and oxygen atoms in total. The van der Waals surface area contributed by atoms with Gasteiger partial charge in [-0.25, -0.2) is 0 Å². The van der Waals surface area contributed by atoms with Crippen LogP contribution in [0.4, 0.5) is 0 Å². The van der Waals surface area contributed by atoms with E-state index in [4.69, 9.17) is 9.47 Å². The van der Waals surface area contributed by atoms with Crippen molar-refractivity contribution in [2.24, 2.45) is 5.92 Å². The van der Waals surface area contributed by atoms with Gasteiger partial charge in [-0.3, -0.25) is 9.59 Å². The Morgan fingerprint density at radius 1 is 0.935 bits per heavy atom. The summed E-state index contributed by atoms with van der Waals surface area (Å²) >= 11 is 0. The van der Waals surface area contributed by atoms with Gasteiger partial charge in [-0.2, -0.15) is 0 Å². The van der Waals surface area contributed by atoms with Crippen molar-refractivity contribution in [3.8, 4) is 11.5 Å². The second kappa shape index (κ2) is 7.59. The third-order valence-corrected chi connectivity index (χ3v) is 7.28. The fourth-order valence-electron chi connectivity index (χ4n) is 5.50. The van der Waals surface area contributed by atoms with Crippen LogP contribution < -0.4 is 9.47 Å². The molecule has 0 aromatic heterocycles. The quantitative estimate of drug-likeness (QED) is 0.763. The summed E-state index contributed by atoms with van der Waals surface area (Å²) in [5.41, 5.74) is 3.34. The summed E-state index contributed by atoms with van der Waals surface area (Å²) in [5, 5.41) is 0. The number of hydrogen-bond acceptors (Lipinski definition) is 4. The summed E-state index contributed by atoms with van der Waals surface area (Å²) in [5.74, 6) is 1.25. The second-order valence-electron chi connectivity index (χ2n) is 8.73. The van der Waals surface area contributed by atoms with E-state index in [0.29, 0.717) is 43.2 Å². The Morgan fingerprint density at radius 3 is 2.42 bits per heavy atom.